The smallest absolute Gasteiger partial charge is 0.310 e. The Labute approximate surface area is 119 Å². The molecule has 0 atom stereocenters. The lowest BCUT2D eigenvalue weighted by Crippen LogP contribution is -2.15. The van der Waals surface area contributed by atoms with Gasteiger partial charge in [0, 0.05) is 29.5 Å². The van der Waals surface area contributed by atoms with Crippen LogP contribution in [0.2, 0.25) is 0 Å². The van der Waals surface area contributed by atoms with Crippen LogP contribution in [0.5, 0.6) is 0 Å². The van der Waals surface area contributed by atoms with Crippen LogP contribution in [0.25, 0.3) is 0 Å². The third-order valence-corrected chi connectivity index (χ3v) is 3.64. The largest absolute Gasteiger partial charge is 0.469 e. The molecular weight excluding hydrogens is 262 g/mol. The normalized spacial score (nSPS) is 10.6. The Morgan fingerprint density at radius 3 is 2.84 bits per heavy atom. The molecule has 1 aromatic rings. The first kappa shape index (κ1) is 16.1. The van der Waals surface area contributed by atoms with Crippen molar-refractivity contribution in [2.45, 2.75) is 32.7 Å². The van der Waals surface area contributed by atoms with Crippen LogP contribution < -0.4 is 5.32 Å². The second kappa shape index (κ2) is 9.95. The summed E-state index contributed by atoms with van der Waals surface area (Å²) in [6, 6.07) is 4.05. The molecule has 19 heavy (non-hydrogen) atoms. The van der Waals surface area contributed by atoms with E-state index in [0.29, 0.717) is 6.42 Å². The van der Waals surface area contributed by atoms with Gasteiger partial charge >= 0.3 is 5.97 Å². The van der Waals surface area contributed by atoms with E-state index in [2.05, 4.69) is 23.0 Å². The Morgan fingerprint density at radius 2 is 2.11 bits per heavy atom. The second-order valence-corrected chi connectivity index (χ2v) is 5.52. The summed E-state index contributed by atoms with van der Waals surface area (Å²) < 4.78 is 10.1. The van der Waals surface area contributed by atoms with Gasteiger partial charge in [-0.3, -0.25) is 4.79 Å². The molecule has 5 heteroatoms. The Balaban J connectivity index is 2.11. The number of carbonyl (C=O) groups excluding carboxylic acids is 1. The van der Waals surface area contributed by atoms with Crippen molar-refractivity contribution in [2.24, 2.45) is 0 Å². The van der Waals surface area contributed by atoms with E-state index in [9.17, 15) is 4.79 Å². The number of nitrogens with one attached hydrogen (secondary N) is 1. The molecule has 1 heterocycles. The standard InChI is InChI=1S/C14H23NO3S/c1-3-8-18-9-4-7-15-11-13-6-5-12(19-13)10-14(16)17-2/h5-6,15H,3-4,7-11H2,1-2H3. The molecular formula is C14H23NO3S. The maximum absolute atomic E-state index is 11.1. The number of thiophene rings is 1. The minimum absolute atomic E-state index is 0.186. The predicted octanol–water partition coefficient (Wildman–Crippen LogP) is 2.37. The molecule has 0 aliphatic carbocycles. The highest BCUT2D eigenvalue weighted by molar-refractivity contribution is 7.12. The monoisotopic (exact) mass is 285 g/mol. The molecule has 0 spiro atoms. The van der Waals surface area contributed by atoms with Gasteiger partial charge in [-0.15, -0.1) is 11.3 Å². The van der Waals surface area contributed by atoms with E-state index in [1.807, 2.05) is 6.07 Å². The SMILES string of the molecule is CCCOCCCNCc1ccc(CC(=O)OC)s1. The third-order valence-electron chi connectivity index (χ3n) is 2.55. The zero-order valence-corrected chi connectivity index (χ0v) is 12.6. The quantitative estimate of drug-likeness (QED) is 0.529. The van der Waals surface area contributed by atoms with Crippen molar-refractivity contribution in [3.8, 4) is 0 Å². The highest BCUT2D eigenvalue weighted by Crippen LogP contribution is 2.17. The molecule has 0 bridgehead atoms. The van der Waals surface area contributed by atoms with Crippen LogP contribution in [0.3, 0.4) is 0 Å². The Bertz CT molecular complexity index is 365. The van der Waals surface area contributed by atoms with Gasteiger partial charge in [0.1, 0.15) is 0 Å². The summed E-state index contributed by atoms with van der Waals surface area (Å²) in [6.07, 6.45) is 2.47. The fourth-order valence-electron chi connectivity index (χ4n) is 1.58. The van der Waals surface area contributed by atoms with Crippen molar-refractivity contribution < 1.29 is 14.3 Å². The molecule has 1 aromatic heterocycles. The van der Waals surface area contributed by atoms with Gasteiger partial charge < -0.3 is 14.8 Å². The number of esters is 1. The van der Waals surface area contributed by atoms with Gasteiger partial charge in [0.15, 0.2) is 0 Å². The van der Waals surface area contributed by atoms with Crippen LogP contribution in [0.4, 0.5) is 0 Å². The number of ether oxygens (including phenoxy) is 2. The van der Waals surface area contributed by atoms with Crippen molar-refractivity contribution in [1.82, 2.24) is 5.32 Å². The molecule has 0 radical (unpaired) electrons. The molecule has 0 aliphatic heterocycles. The van der Waals surface area contributed by atoms with Crippen molar-refractivity contribution in [2.75, 3.05) is 26.9 Å². The molecule has 0 unspecified atom stereocenters. The van der Waals surface area contributed by atoms with Crippen LogP contribution in [0.1, 0.15) is 29.5 Å². The summed E-state index contributed by atoms with van der Waals surface area (Å²) in [5.41, 5.74) is 0. The number of hydrogen-bond acceptors (Lipinski definition) is 5. The maximum Gasteiger partial charge on any atom is 0.310 e. The van der Waals surface area contributed by atoms with E-state index in [1.165, 1.54) is 12.0 Å². The van der Waals surface area contributed by atoms with E-state index in [0.717, 1.165) is 44.0 Å². The lowest BCUT2D eigenvalue weighted by Gasteiger charge is -2.04. The minimum Gasteiger partial charge on any atom is -0.469 e. The highest BCUT2D eigenvalue weighted by Gasteiger charge is 2.05. The summed E-state index contributed by atoms with van der Waals surface area (Å²) in [7, 11) is 1.42. The molecule has 0 aliphatic rings. The van der Waals surface area contributed by atoms with Crippen LogP contribution in [-0.4, -0.2) is 32.8 Å². The lowest BCUT2D eigenvalue weighted by molar-refractivity contribution is -0.139. The maximum atomic E-state index is 11.1. The van der Waals surface area contributed by atoms with E-state index in [4.69, 9.17) is 4.74 Å². The van der Waals surface area contributed by atoms with Crippen molar-refractivity contribution in [1.29, 1.82) is 0 Å². The van der Waals surface area contributed by atoms with E-state index in [1.54, 1.807) is 11.3 Å². The molecule has 0 saturated heterocycles. The zero-order chi connectivity index (χ0) is 13.9. The fourth-order valence-corrected chi connectivity index (χ4v) is 2.56. The number of carbonyl (C=O) groups is 1. The Hall–Kier alpha value is -0.910. The molecule has 108 valence electrons. The highest BCUT2D eigenvalue weighted by atomic mass is 32.1. The van der Waals surface area contributed by atoms with Gasteiger partial charge in [-0.1, -0.05) is 6.92 Å². The molecule has 1 N–H and O–H groups in total. The first-order valence-corrected chi connectivity index (χ1v) is 7.50. The molecule has 0 saturated carbocycles. The number of methoxy groups -OCH3 is 1. The van der Waals surface area contributed by atoms with Crippen LogP contribution >= 0.6 is 11.3 Å². The van der Waals surface area contributed by atoms with Gasteiger partial charge in [-0.2, -0.15) is 0 Å². The average Bonchev–Trinajstić information content (AvgIpc) is 2.85. The van der Waals surface area contributed by atoms with Gasteiger partial charge in [-0.25, -0.2) is 0 Å². The van der Waals surface area contributed by atoms with Gasteiger partial charge in [0.25, 0.3) is 0 Å². The lowest BCUT2D eigenvalue weighted by atomic mass is 10.3. The Kier molecular flexibility index (Phi) is 8.45. The van der Waals surface area contributed by atoms with E-state index >= 15 is 0 Å². The summed E-state index contributed by atoms with van der Waals surface area (Å²) in [4.78, 5) is 13.4. The second-order valence-electron chi connectivity index (χ2n) is 4.26. The molecule has 0 fully saturated rings. The first-order chi connectivity index (χ1) is 9.26. The van der Waals surface area contributed by atoms with Crippen molar-refractivity contribution >= 4 is 17.3 Å². The molecule has 0 amide bonds. The van der Waals surface area contributed by atoms with Gasteiger partial charge in [0.2, 0.25) is 0 Å². The first-order valence-electron chi connectivity index (χ1n) is 6.69. The minimum atomic E-state index is -0.186. The van der Waals surface area contributed by atoms with E-state index in [-0.39, 0.29) is 5.97 Å². The van der Waals surface area contributed by atoms with Crippen LogP contribution in [0.15, 0.2) is 12.1 Å². The van der Waals surface area contributed by atoms with Gasteiger partial charge in [0.05, 0.1) is 13.5 Å². The van der Waals surface area contributed by atoms with Crippen LogP contribution in [0, 0.1) is 0 Å². The molecule has 4 nitrogen and oxygen atoms in total. The topological polar surface area (TPSA) is 47.6 Å². The third kappa shape index (κ3) is 7.30. The van der Waals surface area contributed by atoms with Gasteiger partial charge in [-0.05, 0) is 31.5 Å². The summed E-state index contributed by atoms with van der Waals surface area (Å²) in [6.45, 7) is 5.58. The predicted molar refractivity (Wildman–Crippen MR) is 77.5 cm³/mol. The zero-order valence-electron chi connectivity index (χ0n) is 11.7. The molecule has 0 aromatic carbocycles. The van der Waals surface area contributed by atoms with Crippen molar-refractivity contribution in [3.05, 3.63) is 21.9 Å². The Morgan fingerprint density at radius 1 is 1.32 bits per heavy atom. The van der Waals surface area contributed by atoms with Crippen molar-refractivity contribution in [3.63, 3.8) is 0 Å². The van der Waals surface area contributed by atoms with E-state index < -0.39 is 0 Å². The summed E-state index contributed by atoms with van der Waals surface area (Å²) in [5.74, 6) is -0.186. The van der Waals surface area contributed by atoms with Crippen LogP contribution in [-0.2, 0) is 27.2 Å². The summed E-state index contributed by atoms with van der Waals surface area (Å²) in [5, 5.41) is 3.37. The number of rotatable bonds is 10. The average molecular weight is 285 g/mol. The molecule has 1 rings (SSSR count). The summed E-state index contributed by atoms with van der Waals surface area (Å²) >= 11 is 1.65. The number of hydrogen-bond donors (Lipinski definition) is 1. The fraction of sp³-hybridized carbons (Fsp3) is 0.643.